The van der Waals surface area contributed by atoms with Crippen LogP contribution in [0.4, 0.5) is 4.79 Å². The minimum absolute atomic E-state index is 0.0189. The van der Waals surface area contributed by atoms with Crippen molar-refractivity contribution in [2.24, 2.45) is 0 Å². The lowest BCUT2D eigenvalue weighted by Gasteiger charge is -2.13. The molecule has 0 rings (SSSR count). The van der Waals surface area contributed by atoms with Crippen LogP contribution in [-0.2, 0) is 23.7 Å². The van der Waals surface area contributed by atoms with Crippen LogP contribution in [0, 0.1) is 0 Å². The van der Waals surface area contributed by atoms with Gasteiger partial charge in [-0.2, -0.15) is 0 Å². The molecule has 0 radical (unpaired) electrons. The molecule has 0 fully saturated rings. The molecule has 0 aliphatic carbocycles. The molecule has 0 bridgehead atoms. The Balaban J connectivity index is 3.85. The van der Waals surface area contributed by atoms with Gasteiger partial charge in [0.2, 0.25) is 0 Å². The zero-order chi connectivity index (χ0) is 11.7. The normalized spacial score (nSPS) is 11.3. The number of carbonyl (C=O) groups is 1. The van der Waals surface area contributed by atoms with Gasteiger partial charge in [0, 0.05) is 6.54 Å². The molecule has 8 nitrogen and oxygen atoms in total. The van der Waals surface area contributed by atoms with Gasteiger partial charge in [0.05, 0.1) is 20.4 Å². The standard InChI is InChI=1S/C6H14NO7P/c1-11-13-15(10,14-12-2)5-3-4-7-6(8)9/h7H,3-5H2,1-2H3,(H,8,9). The lowest BCUT2D eigenvalue weighted by molar-refractivity contribution is -0.242. The third kappa shape index (κ3) is 7.29. The van der Waals surface area contributed by atoms with Gasteiger partial charge in [-0.15, -0.1) is 9.35 Å². The number of hydrogen-bond acceptors (Lipinski definition) is 6. The van der Waals surface area contributed by atoms with Crippen molar-refractivity contribution in [1.82, 2.24) is 5.32 Å². The van der Waals surface area contributed by atoms with Crippen LogP contribution in [0.15, 0.2) is 0 Å². The topological polar surface area (TPSA) is 103 Å². The first-order chi connectivity index (χ1) is 7.04. The van der Waals surface area contributed by atoms with Gasteiger partial charge in [-0.1, -0.05) is 0 Å². The van der Waals surface area contributed by atoms with E-state index in [1.165, 1.54) is 14.2 Å². The molecule has 15 heavy (non-hydrogen) atoms. The Morgan fingerprint density at radius 1 is 1.33 bits per heavy atom. The minimum atomic E-state index is -3.46. The molecule has 0 spiro atoms. The maximum atomic E-state index is 11.6. The number of rotatable bonds is 8. The molecule has 90 valence electrons. The average Bonchev–Trinajstić information content (AvgIpc) is 2.13. The van der Waals surface area contributed by atoms with Crippen LogP contribution in [-0.4, -0.2) is 38.1 Å². The van der Waals surface area contributed by atoms with E-state index >= 15 is 0 Å². The first kappa shape index (κ1) is 14.3. The van der Waals surface area contributed by atoms with E-state index in [0.29, 0.717) is 0 Å². The van der Waals surface area contributed by atoms with E-state index in [4.69, 9.17) is 5.11 Å². The second-order valence-electron chi connectivity index (χ2n) is 2.40. The van der Waals surface area contributed by atoms with Crippen molar-refractivity contribution in [3.05, 3.63) is 0 Å². The summed E-state index contributed by atoms with van der Waals surface area (Å²) in [6, 6.07) is 0. The van der Waals surface area contributed by atoms with Crippen LogP contribution < -0.4 is 5.32 Å². The van der Waals surface area contributed by atoms with Crippen LogP contribution in [0.5, 0.6) is 0 Å². The summed E-state index contributed by atoms with van der Waals surface area (Å²) in [6.07, 6.45) is -0.893. The van der Waals surface area contributed by atoms with Gasteiger partial charge >= 0.3 is 13.7 Å². The number of carboxylic acid groups (broad SMARTS) is 1. The Labute approximate surface area is 86.8 Å². The molecule has 1 amide bonds. The van der Waals surface area contributed by atoms with E-state index in [2.05, 4.69) is 24.4 Å². The monoisotopic (exact) mass is 243 g/mol. The van der Waals surface area contributed by atoms with Crippen LogP contribution in [0.2, 0.25) is 0 Å². The molecule has 2 N–H and O–H groups in total. The smallest absolute Gasteiger partial charge is 0.404 e. The van der Waals surface area contributed by atoms with E-state index < -0.39 is 13.7 Å². The van der Waals surface area contributed by atoms with Crippen LogP contribution in [0.25, 0.3) is 0 Å². The summed E-state index contributed by atoms with van der Waals surface area (Å²) >= 11 is 0. The second kappa shape index (κ2) is 7.61. The predicted molar refractivity (Wildman–Crippen MR) is 49.3 cm³/mol. The summed E-state index contributed by atoms with van der Waals surface area (Å²) in [6.45, 7) is 0.138. The Morgan fingerprint density at radius 3 is 2.27 bits per heavy atom. The molecular weight excluding hydrogens is 229 g/mol. The lowest BCUT2D eigenvalue weighted by atomic mass is 10.5. The average molecular weight is 243 g/mol. The van der Waals surface area contributed by atoms with Gasteiger partial charge < -0.3 is 10.4 Å². The third-order valence-corrected chi connectivity index (χ3v) is 2.88. The van der Waals surface area contributed by atoms with Crippen molar-refractivity contribution in [2.45, 2.75) is 6.42 Å². The summed E-state index contributed by atoms with van der Waals surface area (Å²) in [5, 5.41) is 10.4. The zero-order valence-electron chi connectivity index (χ0n) is 8.47. The van der Waals surface area contributed by atoms with Gasteiger partial charge in [0.1, 0.15) is 0 Å². The van der Waals surface area contributed by atoms with Gasteiger partial charge in [0.25, 0.3) is 0 Å². The SMILES string of the molecule is COOP(=O)(CCCNC(=O)O)OOC. The van der Waals surface area contributed by atoms with Crippen molar-refractivity contribution in [1.29, 1.82) is 0 Å². The molecule has 0 aromatic heterocycles. The first-order valence-electron chi connectivity index (χ1n) is 4.05. The summed E-state index contributed by atoms with van der Waals surface area (Å²) < 4.78 is 20.4. The second-order valence-corrected chi connectivity index (χ2v) is 4.37. The highest BCUT2D eigenvalue weighted by molar-refractivity contribution is 7.53. The van der Waals surface area contributed by atoms with Gasteiger partial charge in [-0.05, 0) is 6.42 Å². The van der Waals surface area contributed by atoms with E-state index in [9.17, 15) is 9.36 Å². The summed E-state index contributed by atoms with van der Waals surface area (Å²) in [4.78, 5) is 18.5. The maximum absolute atomic E-state index is 11.6. The largest absolute Gasteiger partial charge is 0.465 e. The molecular formula is C6H14NO7P. The van der Waals surface area contributed by atoms with E-state index in [1.54, 1.807) is 0 Å². The Morgan fingerprint density at radius 2 is 1.87 bits per heavy atom. The van der Waals surface area contributed by atoms with Crippen molar-refractivity contribution in [2.75, 3.05) is 26.9 Å². The third-order valence-electron chi connectivity index (χ3n) is 1.26. The van der Waals surface area contributed by atoms with Gasteiger partial charge in [-0.3, -0.25) is 4.57 Å². The predicted octanol–water partition coefficient (Wildman–Crippen LogP) is 0.993. The van der Waals surface area contributed by atoms with E-state index in [1.807, 2.05) is 0 Å². The lowest BCUT2D eigenvalue weighted by Crippen LogP contribution is -2.22. The van der Waals surface area contributed by atoms with Crippen molar-refractivity contribution >= 4 is 13.7 Å². The van der Waals surface area contributed by atoms with E-state index in [0.717, 1.165) is 0 Å². The fourth-order valence-corrected chi connectivity index (χ4v) is 1.96. The Kier molecular flexibility index (Phi) is 7.27. The highest BCUT2D eigenvalue weighted by Gasteiger charge is 2.26. The molecule has 9 heteroatoms. The Bertz CT molecular complexity index is 224. The van der Waals surface area contributed by atoms with Crippen molar-refractivity contribution in [3.63, 3.8) is 0 Å². The number of hydrogen-bond donors (Lipinski definition) is 2. The van der Waals surface area contributed by atoms with Crippen molar-refractivity contribution in [3.8, 4) is 0 Å². The molecule has 0 unspecified atom stereocenters. The molecule has 0 aromatic rings. The molecule has 0 aromatic carbocycles. The quantitative estimate of drug-likeness (QED) is 0.283. The molecule has 0 saturated heterocycles. The zero-order valence-corrected chi connectivity index (χ0v) is 9.36. The number of nitrogens with one attached hydrogen (secondary N) is 1. The summed E-state index contributed by atoms with van der Waals surface area (Å²) in [5.74, 6) is 0. The fourth-order valence-electron chi connectivity index (χ4n) is 0.782. The molecule has 0 aliphatic rings. The Hall–Kier alpha value is -0.660. The maximum Gasteiger partial charge on any atom is 0.404 e. The van der Waals surface area contributed by atoms with Gasteiger partial charge in [0.15, 0.2) is 0 Å². The van der Waals surface area contributed by atoms with Crippen LogP contribution >= 0.6 is 7.60 Å². The van der Waals surface area contributed by atoms with Crippen LogP contribution in [0.3, 0.4) is 0 Å². The molecule has 0 atom stereocenters. The fraction of sp³-hybridized carbons (Fsp3) is 0.833. The number of amides is 1. The molecule has 0 aliphatic heterocycles. The summed E-state index contributed by atoms with van der Waals surface area (Å²) in [5.41, 5.74) is 0. The first-order valence-corrected chi connectivity index (χ1v) is 5.77. The molecule has 0 saturated carbocycles. The summed E-state index contributed by atoms with van der Waals surface area (Å²) in [7, 11) is -1.09. The minimum Gasteiger partial charge on any atom is -0.465 e. The van der Waals surface area contributed by atoms with Crippen LogP contribution in [0.1, 0.15) is 6.42 Å². The highest BCUT2D eigenvalue weighted by atomic mass is 31.2. The van der Waals surface area contributed by atoms with E-state index in [-0.39, 0.29) is 19.1 Å². The van der Waals surface area contributed by atoms with Gasteiger partial charge in [-0.25, -0.2) is 14.6 Å². The highest BCUT2D eigenvalue weighted by Crippen LogP contribution is 2.48. The van der Waals surface area contributed by atoms with Crippen molar-refractivity contribution < 1.29 is 33.6 Å². The molecule has 0 heterocycles.